The normalized spacial score (nSPS) is 13.1. The van der Waals surface area contributed by atoms with Gasteiger partial charge in [-0.2, -0.15) is 10.2 Å². The largest absolute Gasteiger partial charge is 0.497 e. The maximum Gasteiger partial charge on any atom is 0.273 e. The number of aromatic nitrogens is 5. The summed E-state index contributed by atoms with van der Waals surface area (Å²) in [6, 6.07) is 10.1. The van der Waals surface area contributed by atoms with E-state index in [9.17, 15) is 13.2 Å². The van der Waals surface area contributed by atoms with Gasteiger partial charge in [0, 0.05) is 22.7 Å². The number of hydrogen-bond acceptors (Lipinski definition) is 9. The number of amides is 1. The number of carbonyl (C=O) groups excluding carboxylic acids is 1. The molecule has 3 aromatic heterocycles. The highest BCUT2D eigenvalue weighted by Gasteiger charge is 2.21. The van der Waals surface area contributed by atoms with Gasteiger partial charge < -0.3 is 15.4 Å². The third kappa shape index (κ3) is 4.60. The molecule has 0 atom stereocenters. The molecule has 0 fully saturated rings. The molecule has 1 amide bonds. The average molecular weight is 471 g/mol. The van der Waals surface area contributed by atoms with Crippen molar-refractivity contribution in [1.29, 1.82) is 0 Å². The first-order valence-electron chi connectivity index (χ1n) is 11.1. The van der Waals surface area contributed by atoms with Crippen molar-refractivity contribution >= 4 is 38.3 Å². The van der Waals surface area contributed by atoms with Crippen LogP contribution in [0.3, 0.4) is 0 Å². The third-order valence-electron chi connectivity index (χ3n) is 4.77. The van der Waals surface area contributed by atoms with Crippen LogP contribution >= 0.6 is 0 Å². The molecule has 2 N–H and O–H groups in total. The van der Waals surface area contributed by atoms with Gasteiger partial charge in [0.05, 0.1) is 31.7 Å². The number of methoxy groups -OCH3 is 1. The first kappa shape index (κ1) is 18.5. The molecule has 3 heterocycles. The smallest absolute Gasteiger partial charge is 0.273 e. The lowest BCUT2D eigenvalue weighted by atomic mass is 10.2. The summed E-state index contributed by atoms with van der Waals surface area (Å²) in [6.45, 7) is -2.41. The van der Waals surface area contributed by atoms with Crippen LogP contribution in [0.15, 0.2) is 53.7 Å². The van der Waals surface area contributed by atoms with Crippen LogP contribution in [-0.2, 0) is 16.4 Å². The lowest BCUT2D eigenvalue weighted by Crippen LogP contribution is -2.21. The van der Waals surface area contributed by atoms with Crippen molar-refractivity contribution in [3.05, 3.63) is 60.0 Å². The number of nitrogens with zero attached hydrogens (tertiary/aromatic N) is 5. The van der Waals surface area contributed by atoms with Crippen molar-refractivity contribution in [3.8, 4) is 5.75 Å². The van der Waals surface area contributed by atoms with Crippen LogP contribution in [0.25, 0.3) is 11.0 Å². The maximum absolute atomic E-state index is 12.6. The quantitative estimate of drug-likeness (QED) is 0.413. The number of pyridine rings is 1. The Kier molecular flexibility index (Phi) is 4.95. The van der Waals surface area contributed by atoms with Gasteiger partial charge in [0.2, 0.25) is 0 Å². The molecule has 4 aromatic rings. The Labute approximate surface area is 194 Å². The Morgan fingerprint density at radius 1 is 1.24 bits per heavy atom. The van der Waals surface area contributed by atoms with E-state index in [-0.39, 0.29) is 22.1 Å². The number of sulfone groups is 1. The van der Waals surface area contributed by atoms with Gasteiger partial charge in [0.1, 0.15) is 10.6 Å². The molecule has 0 aliphatic carbocycles. The molecular formula is C21H21N7O4S. The number of hydrogen-bond donors (Lipinski definition) is 2. The third-order valence-corrected chi connectivity index (χ3v) is 5.88. The summed E-state index contributed by atoms with van der Waals surface area (Å²) in [5, 5.41) is 16.8. The minimum atomic E-state index is -3.77. The van der Waals surface area contributed by atoms with Gasteiger partial charge in [0.15, 0.2) is 27.0 Å². The fraction of sp³-hybridized carbons (Fsp3) is 0.190. The second-order valence-electron chi connectivity index (χ2n) is 7.04. The summed E-state index contributed by atoms with van der Waals surface area (Å²) in [5.41, 5.74) is 0.967. The Bertz CT molecular complexity index is 1540. The van der Waals surface area contributed by atoms with E-state index in [1.807, 2.05) is 29.6 Å². The fourth-order valence-electron chi connectivity index (χ4n) is 3.17. The number of fused-ring (bicyclic) bond motifs is 1. The number of anilines is 2. The van der Waals surface area contributed by atoms with Crippen LogP contribution in [0.2, 0.25) is 0 Å². The lowest BCUT2D eigenvalue weighted by molar-refractivity contribution is 0.0958. The predicted molar refractivity (Wildman–Crippen MR) is 121 cm³/mol. The number of rotatable bonds is 7. The second kappa shape index (κ2) is 8.82. The number of ether oxygens (including phenoxy) is 1. The predicted octanol–water partition coefficient (Wildman–Crippen LogP) is 1.78. The summed E-state index contributed by atoms with van der Waals surface area (Å²) < 4.78 is 53.6. The van der Waals surface area contributed by atoms with Crippen LogP contribution in [0.4, 0.5) is 11.5 Å². The highest BCUT2D eigenvalue weighted by Crippen LogP contribution is 2.28. The zero-order valence-corrected chi connectivity index (χ0v) is 18.4. The molecular weight excluding hydrogens is 446 g/mol. The number of benzene rings is 1. The van der Waals surface area contributed by atoms with Crippen molar-refractivity contribution in [2.24, 2.45) is 0 Å². The van der Waals surface area contributed by atoms with Crippen molar-refractivity contribution < 1.29 is 22.1 Å². The molecule has 33 heavy (non-hydrogen) atoms. The second-order valence-corrected chi connectivity index (χ2v) is 9.03. The molecule has 11 nitrogen and oxygen atoms in total. The molecule has 0 radical (unpaired) electrons. The summed E-state index contributed by atoms with van der Waals surface area (Å²) in [4.78, 5) is 16.8. The first-order chi connectivity index (χ1) is 16.9. The standard InChI is InChI=1S/C21H21N7O4S/c1-22-21(29)18-16(8-9-23-27-18)25-19-17(33(3,30)31)10-14-11-24-28(20(14)26-19)12-13-4-6-15(32-2)7-5-13/h4-11H,12H2,1-3H3,(H,22,29)(H,23,25,26)/i1D3. The highest BCUT2D eigenvalue weighted by atomic mass is 32.2. The minimum absolute atomic E-state index is 0.0183. The molecule has 0 unspecified atom stereocenters. The molecule has 0 aliphatic heterocycles. The van der Waals surface area contributed by atoms with E-state index in [1.165, 1.54) is 24.5 Å². The average Bonchev–Trinajstić information content (AvgIpc) is 3.19. The van der Waals surface area contributed by atoms with E-state index in [2.05, 4.69) is 25.6 Å². The molecule has 0 saturated carbocycles. The topological polar surface area (TPSA) is 141 Å². The molecule has 0 aliphatic rings. The van der Waals surface area contributed by atoms with Crippen LogP contribution in [0, 0.1) is 0 Å². The van der Waals surface area contributed by atoms with Crippen molar-refractivity contribution in [3.63, 3.8) is 0 Å². The highest BCUT2D eigenvalue weighted by molar-refractivity contribution is 7.90. The van der Waals surface area contributed by atoms with E-state index in [4.69, 9.17) is 8.85 Å². The first-order valence-corrected chi connectivity index (χ1v) is 11.4. The lowest BCUT2D eigenvalue weighted by Gasteiger charge is -2.13. The minimum Gasteiger partial charge on any atom is -0.497 e. The molecule has 0 bridgehead atoms. The Hall–Kier alpha value is -4.06. The molecule has 0 spiro atoms. The van der Waals surface area contributed by atoms with E-state index >= 15 is 0 Å². The summed E-state index contributed by atoms with van der Waals surface area (Å²) in [7, 11) is -2.19. The Morgan fingerprint density at radius 2 is 2.03 bits per heavy atom. The van der Waals surface area contributed by atoms with Gasteiger partial charge in [-0.05, 0) is 29.8 Å². The van der Waals surface area contributed by atoms with Crippen LogP contribution in [0.5, 0.6) is 5.75 Å². The molecule has 12 heteroatoms. The van der Waals surface area contributed by atoms with E-state index < -0.39 is 22.7 Å². The summed E-state index contributed by atoms with van der Waals surface area (Å²) in [6.07, 6.45) is 3.80. The molecule has 1 aromatic carbocycles. The van der Waals surface area contributed by atoms with Crippen LogP contribution in [-0.4, -0.2) is 59.6 Å². The van der Waals surface area contributed by atoms with Crippen LogP contribution in [0.1, 0.15) is 20.2 Å². The van der Waals surface area contributed by atoms with Gasteiger partial charge >= 0.3 is 0 Å². The van der Waals surface area contributed by atoms with E-state index in [0.717, 1.165) is 11.8 Å². The monoisotopic (exact) mass is 470 g/mol. The zero-order valence-electron chi connectivity index (χ0n) is 20.6. The Balaban J connectivity index is 1.76. The van der Waals surface area contributed by atoms with Gasteiger partial charge in [0.25, 0.3) is 5.91 Å². The van der Waals surface area contributed by atoms with Crippen LogP contribution < -0.4 is 15.4 Å². The molecule has 4 rings (SSSR count). The maximum atomic E-state index is 12.6. The Morgan fingerprint density at radius 3 is 2.73 bits per heavy atom. The molecule has 0 saturated heterocycles. The summed E-state index contributed by atoms with van der Waals surface area (Å²) in [5.74, 6) is -0.398. The summed E-state index contributed by atoms with van der Waals surface area (Å²) >= 11 is 0. The number of nitrogens with one attached hydrogen (secondary N) is 2. The molecule has 170 valence electrons. The van der Waals surface area contributed by atoms with Gasteiger partial charge in [-0.1, -0.05) is 12.1 Å². The van der Waals surface area contributed by atoms with E-state index in [0.29, 0.717) is 23.3 Å². The number of carbonyl (C=O) groups is 1. The zero-order chi connectivity index (χ0) is 26.1. The van der Waals surface area contributed by atoms with E-state index in [1.54, 1.807) is 11.8 Å². The van der Waals surface area contributed by atoms with Gasteiger partial charge in [-0.25, -0.2) is 18.1 Å². The van der Waals surface area contributed by atoms with Crippen molar-refractivity contribution in [1.82, 2.24) is 30.3 Å². The fourth-order valence-corrected chi connectivity index (χ4v) is 3.96. The van der Waals surface area contributed by atoms with Gasteiger partial charge in [-0.15, -0.1) is 5.10 Å². The SMILES string of the molecule is [2H]C([2H])([2H])NC(=O)c1nnccc1Nc1nc2c(cnn2Cc2ccc(OC)cc2)cc1S(C)(=O)=O. The van der Waals surface area contributed by atoms with Crippen molar-refractivity contribution in [2.75, 3.05) is 25.7 Å². The van der Waals surface area contributed by atoms with Gasteiger partial charge in [-0.3, -0.25) is 4.79 Å². The van der Waals surface area contributed by atoms with Crippen molar-refractivity contribution in [2.45, 2.75) is 11.4 Å².